The Hall–Kier alpha value is -3.66. The van der Waals surface area contributed by atoms with Gasteiger partial charge in [0.25, 0.3) is 5.91 Å². The molecule has 10 heteroatoms. The van der Waals surface area contributed by atoms with Crippen LogP contribution in [0.15, 0.2) is 70.3 Å². The van der Waals surface area contributed by atoms with Crippen LogP contribution < -0.4 is 16.0 Å². The lowest BCUT2D eigenvalue weighted by Crippen LogP contribution is -2.41. The number of rotatable bonds is 7. The Kier molecular flexibility index (Phi) is 6.45. The predicted molar refractivity (Wildman–Crippen MR) is 122 cm³/mol. The molecular weight excluding hydrogens is 444 g/mol. The van der Waals surface area contributed by atoms with E-state index in [1.165, 1.54) is 30.7 Å². The third-order valence-electron chi connectivity index (χ3n) is 5.55. The summed E-state index contributed by atoms with van der Waals surface area (Å²) in [6.45, 7) is 1.29. The number of nitrogens with two attached hydrogens (primary N) is 1. The third kappa shape index (κ3) is 5.23. The zero-order valence-corrected chi connectivity index (χ0v) is 18.6. The highest BCUT2D eigenvalue weighted by molar-refractivity contribution is 7.90. The van der Waals surface area contributed by atoms with Crippen LogP contribution in [-0.4, -0.2) is 38.3 Å². The van der Waals surface area contributed by atoms with Crippen molar-refractivity contribution in [2.45, 2.75) is 23.5 Å². The molecule has 1 unspecified atom stereocenters. The van der Waals surface area contributed by atoms with Crippen LogP contribution in [0.4, 0.5) is 11.5 Å². The Bertz CT molecular complexity index is 1240. The molecule has 3 N–H and O–H groups in total. The second-order valence-corrected chi connectivity index (χ2v) is 9.88. The van der Waals surface area contributed by atoms with E-state index in [1.807, 2.05) is 4.90 Å². The average Bonchev–Trinajstić information content (AvgIpc) is 3.28. The summed E-state index contributed by atoms with van der Waals surface area (Å²) in [5.74, 6) is -0.828. The molecular formula is C23H24N4O5S. The zero-order chi connectivity index (χ0) is 23.4. The van der Waals surface area contributed by atoms with Gasteiger partial charge in [0.05, 0.1) is 34.7 Å². The zero-order valence-electron chi connectivity index (χ0n) is 17.8. The van der Waals surface area contributed by atoms with Crippen LogP contribution in [-0.2, 0) is 20.4 Å². The van der Waals surface area contributed by atoms with Crippen molar-refractivity contribution in [1.82, 2.24) is 4.98 Å². The van der Waals surface area contributed by atoms with Crippen LogP contribution in [0.25, 0.3) is 0 Å². The smallest absolute Gasteiger partial charge is 0.291 e. The first-order valence-electron chi connectivity index (χ1n) is 10.5. The van der Waals surface area contributed by atoms with E-state index in [0.717, 1.165) is 19.4 Å². The lowest BCUT2D eigenvalue weighted by atomic mass is 9.97. The number of carbonyl (C=O) groups is 2. The molecule has 0 saturated carbocycles. The SMILES string of the molecule is NC(=O)C1CCCN(c2ccc(NC(=O)c3occc3CS(=O)(=O)c3ccccc3)cn2)C1. The van der Waals surface area contributed by atoms with E-state index in [0.29, 0.717) is 18.1 Å². The van der Waals surface area contributed by atoms with Gasteiger partial charge in [0.15, 0.2) is 15.6 Å². The quantitative estimate of drug-likeness (QED) is 0.544. The number of nitrogens with zero attached hydrogens (tertiary/aromatic N) is 2. The highest BCUT2D eigenvalue weighted by Crippen LogP contribution is 2.24. The lowest BCUT2D eigenvalue weighted by molar-refractivity contribution is -0.122. The van der Waals surface area contributed by atoms with Gasteiger partial charge in [-0.3, -0.25) is 9.59 Å². The van der Waals surface area contributed by atoms with Gasteiger partial charge in [0.1, 0.15) is 5.82 Å². The summed E-state index contributed by atoms with van der Waals surface area (Å²) in [7, 11) is -3.63. The summed E-state index contributed by atoms with van der Waals surface area (Å²) in [4.78, 5) is 30.8. The molecule has 1 aliphatic heterocycles. The monoisotopic (exact) mass is 468 g/mol. The maximum absolute atomic E-state index is 12.7. The van der Waals surface area contributed by atoms with Crippen LogP contribution >= 0.6 is 0 Å². The Morgan fingerprint density at radius 3 is 2.64 bits per heavy atom. The van der Waals surface area contributed by atoms with Crippen molar-refractivity contribution < 1.29 is 22.4 Å². The topological polar surface area (TPSA) is 136 Å². The van der Waals surface area contributed by atoms with E-state index in [-0.39, 0.29) is 33.8 Å². The molecule has 3 heterocycles. The van der Waals surface area contributed by atoms with Crippen molar-refractivity contribution in [1.29, 1.82) is 0 Å². The number of nitrogens with one attached hydrogen (secondary N) is 1. The second kappa shape index (κ2) is 9.45. The van der Waals surface area contributed by atoms with E-state index in [9.17, 15) is 18.0 Å². The normalized spacial score (nSPS) is 16.4. The summed E-state index contributed by atoms with van der Waals surface area (Å²) < 4.78 is 30.6. The molecule has 1 aliphatic rings. The number of benzene rings is 1. The molecule has 1 atom stereocenters. The summed E-state index contributed by atoms with van der Waals surface area (Å²) in [6, 6.07) is 13.0. The van der Waals surface area contributed by atoms with Gasteiger partial charge in [-0.15, -0.1) is 0 Å². The van der Waals surface area contributed by atoms with Gasteiger partial charge < -0.3 is 20.4 Å². The number of hydrogen-bond donors (Lipinski definition) is 2. The van der Waals surface area contributed by atoms with Crippen molar-refractivity contribution in [2.75, 3.05) is 23.3 Å². The third-order valence-corrected chi connectivity index (χ3v) is 7.24. The first kappa shape index (κ1) is 22.5. The number of piperidine rings is 1. The number of aromatic nitrogens is 1. The Balaban J connectivity index is 1.43. The van der Waals surface area contributed by atoms with E-state index < -0.39 is 15.7 Å². The van der Waals surface area contributed by atoms with Crippen LogP contribution in [0.5, 0.6) is 0 Å². The number of amides is 2. The maximum Gasteiger partial charge on any atom is 0.291 e. The van der Waals surface area contributed by atoms with Crippen molar-refractivity contribution in [3.05, 3.63) is 72.3 Å². The predicted octanol–water partition coefficient (Wildman–Crippen LogP) is 2.60. The minimum Gasteiger partial charge on any atom is -0.459 e. The number of pyridine rings is 1. The van der Waals surface area contributed by atoms with E-state index in [4.69, 9.17) is 10.2 Å². The van der Waals surface area contributed by atoms with Crippen LogP contribution in [0.3, 0.4) is 0 Å². The Morgan fingerprint density at radius 2 is 1.94 bits per heavy atom. The van der Waals surface area contributed by atoms with Crippen molar-refractivity contribution in [3.8, 4) is 0 Å². The molecule has 0 bridgehead atoms. The first-order valence-corrected chi connectivity index (χ1v) is 12.1. The lowest BCUT2D eigenvalue weighted by Gasteiger charge is -2.32. The number of carbonyl (C=O) groups excluding carboxylic acids is 2. The summed E-state index contributed by atoms with van der Waals surface area (Å²) >= 11 is 0. The fraction of sp³-hybridized carbons (Fsp3) is 0.261. The first-order chi connectivity index (χ1) is 15.8. The molecule has 9 nitrogen and oxygen atoms in total. The molecule has 2 amide bonds. The molecule has 172 valence electrons. The van der Waals surface area contributed by atoms with Gasteiger partial charge >= 0.3 is 0 Å². The minimum absolute atomic E-state index is 0.0705. The van der Waals surface area contributed by atoms with Crippen LogP contribution in [0, 0.1) is 5.92 Å². The molecule has 4 rings (SSSR count). The number of sulfone groups is 1. The molecule has 0 radical (unpaired) electrons. The summed E-state index contributed by atoms with van der Waals surface area (Å²) in [6.07, 6.45) is 4.41. The summed E-state index contributed by atoms with van der Waals surface area (Å²) in [5, 5.41) is 2.68. The fourth-order valence-corrected chi connectivity index (χ4v) is 5.19. The average molecular weight is 469 g/mol. The maximum atomic E-state index is 12.7. The molecule has 33 heavy (non-hydrogen) atoms. The fourth-order valence-electron chi connectivity index (χ4n) is 3.82. The standard InChI is InChI=1S/C23H24N4O5S/c24-22(28)16-5-4-11-27(14-16)20-9-8-18(13-25-20)26-23(29)21-17(10-12-32-21)15-33(30,31)19-6-2-1-3-7-19/h1-3,6-10,12-13,16H,4-5,11,14-15H2,(H2,24,28)(H,26,29). The summed E-state index contributed by atoms with van der Waals surface area (Å²) in [5.41, 5.74) is 6.14. The van der Waals surface area contributed by atoms with E-state index in [1.54, 1.807) is 30.3 Å². The molecule has 3 aromatic rings. The minimum atomic E-state index is -3.63. The second-order valence-electron chi connectivity index (χ2n) is 7.89. The van der Waals surface area contributed by atoms with E-state index >= 15 is 0 Å². The van der Waals surface area contributed by atoms with Gasteiger partial charge in [-0.05, 0) is 43.2 Å². The molecule has 0 aliphatic carbocycles. The van der Waals surface area contributed by atoms with Crippen molar-refractivity contribution in [2.24, 2.45) is 11.7 Å². The molecule has 1 aromatic carbocycles. The highest BCUT2D eigenvalue weighted by Gasteiger charge is 2.25. The van der Waals surface area contributed by atoms with Gasteiger partial charge in [0.2, 0.25) is 5.91 Å². The van der Waals surface area contributed by atoms with Gasteiger partial charge in [-0.2, -0.15) is 0 Å². The largest absolute Gasteiger partial charge is 0.459 e. The molecule has 1 saturated heterocycles. The van der Waals surface area contributed by atoms with Gasteiger partial charge in [-0.1, -0.05) is 18.2 Å². The number of hydrogen-bond acceptors (Lipinski definition) is 7. The molecule has 0 spiro atoms. The van der Waals surface area contributed by atoms with Crippen LogP contribution in [0.2, 0.25) is 0 Å². The molecule has 2 aromatic heterocycles. The number of primary amides is 1. The number of anilines is 2. The Labute approximate surface area is 191 Å². The van der Waals surface area contributed by atoms with Gasteiger partial charge in [0, 0.05) is 18.7 Å². The van der Waals surface area contributed by atoms with Gasteiger partial charge in [-0.25, -0.2) is 13.4 Å². The highest BCUT2D eigenvalue weighted by atomic mass is 32.2. The van der Waals surface area contributed by atoms with E-state index in [2.05, 4.69) is 10.3 Å². The Morgan fingerprint density at radius 1 is 1.15 bits per heavy atom. The van der Waals surface area contributed by atoms with Crippen LogP contribution in [0.1, 0.15) is 29.0 Å². The number of furan rings is 1. The van der Waals surface area contributed by atoms with Crippen molar-refractivity contribution >= 4 is 33.2 Å². The molecule has 1 fully saturated rings. The van der Waals surface area contributed by atoms with Crippen molar-refractivity contribution in [3.63, 3.8) is 0 Å².